The lowest BCUT2D eigenvalue weighted by Gasteiger charge is -2.33. The Balaban J connectivity index is 2.10. The largest absolute Gasteiger partial charge is 0.356 e. The Kier molecular flexibility index (Phi) is 35.5. The van der Waals surface area contributed by atoms with Gasteiger partial charge in [0.2, 0.25) is 0 Å². The number of nitrogens with zero attached hydrogens (tertiary/aromatic N) is 2. The van der Waals surface area contributed by atoms with Crippen LogP contribution in [0.2, 0.25) is 0 Å². The van der Waals surface area contributed by atoms with Crippen LogP contribution in [0.4, 0.5) is 0 Å². The molecule has 0 saturated heterocycles. The van der Waals surface area contributed by atoms with E-state index >= 15 is 0 Å². The Hall–Kier alpha value is -0.660. The van der Waals surface area contributed by atoms with Crippen molar-refractivity contribution in [1.82, 2.24) is 9.80 Å². The van der Waals surface area contributed by atoms with Crippen molar-refractivity contribution >= 4 is 0 Å². The molecular weight excluding hydrogens is 581 g/mol. The third-order valence-corrected chi connectivity index (χ3v) is 11.3. The Morgan fingerprint density at radius 2 is 0.479 bits per heavy atom. The topological polar surface area (TPSA) is 6.48 Å². The molecule has 0 saturated carbocycles. The fourth-order valence-electron chi connectivity index (χ4n) is 7.95. The summed E-state index contributed by atoms with van der Waals surface area (Å²) in [4.78, 5) is 5.45. The van der Waals surface area contributed by atoms with Crippen LogP contribution in [0.1, 0.15) is 265 Å². The molecule has 1 atom stereocenters. The van der Waals surface area contributed by atoms with Gasteiger partial charge in [0.15, 0.2) is 0 Å². The average molecular weight is 673 g/mol. The van der Waals surface area contributed by atoms with Crippen molar-refractivity contribution in [2.24, 2.45) is 0 Å². The SMILES string of the molecule is CCCCCCCCCCCCCCCCCCN1C=CN(CCCCCCCCCCCCCCCCC)C1CCCCCCCC. The summed E-state index contributed by atoms with van der Waals surface area (Å²) in [5.41, 5.74) is 0. The van der Waals surface area contributed by atoms with Crippen LogP contribution in [-0.2, 0) is 0 Å². The van der Waals surface area contributed by atoms with E-state index in [9.17, 15) is 0 Å². The Bertz CT molecular complexity index is 630. The van der Waals surface area contributed by atoms with Gasteiger partial charge in [0, 0.05) is 25.5 Å². The first-order valence-electron chi connectivity index (χ1n) is 23.0. The highest BCUT2D eigenvalue weighted by atomic mass is 15.4. The highest BCUT2D eigenvalue weighted by Gasteiger charge is 2.24. The lowest BCUT2D eigenvalue weighted by Crippen LogP contribution is -2.39. The summed E-state index contributed by atoms with van der Waals surface area (Å²) in [5, 5.41) is 0. The maximum Gasteiger partial charge on any atom is 0.101 e. The molecule has 1 unspecified atom stereocenters. The number of rotatable bonds is 40. The predicted octanol–water partition coefficient (Wildman–Crippen LogP) is 16.3. The molecule has 0 amide bonds. The van der Waals surface area contributed by atoms with Crippen molar-refractivity contribution in [2.75, 3.05) is 13.1 Å². The molecule has 0 spiro atoms. The molecule has 2 heteroatoms. The summed E-state index contributed by atoms with van der Waals surface area (Å²) in [6, 6.07) is 0. The van der Waals surface area contributed by atoms with E-state index in [4.69, 9.17) is 0 Å². The first-order chi connectivity index (χ1) is 23.8. The summed E-state index contributed by atoms with van der Waals surface area (Å²) in [6.45, 7) is 9.49. The van der Waals surface area contributed by atoms with E-state index in [-0.39, 0.29) is 0 Å². The Morgan fingerprint density at radius 3 is 0.729 bits per heavy atom. The van der Waals surface area contributed by atoms with Gasteiger partial charge in [-0.05, 0) is 25.7 Å². The van der Waals surface area contributed by atoms with Crippen molar-refractivity contribution in [2.45, 2.75) is 271 Å². The maximum absolute atomic E-state index is 2.72. The number of hydrogen-bond acceptors (Lipinski definition) is 2. The maximum atomic E-state index is 2.72. The molecule has 1 aliphatic heterocycles. The fourth-order valence-corrected chi connectivity index (χ4v) is 7.95. The molecule has 1 heterocycles. The van der Waals surface area contributed by atoms with E-state index in [2.05, 4.69) is 43.0 Å². The van der Waals surface area contributed by atoms with Crippen LogP contribution in [0.25, 0.3) is 0 Å². The molecule has 1 aliphatic rings. The second-order valence-electron chi connectivity index (χ2n) is 16.1. The molecule has 0 aromatic rings. The standard InChI is InChI=1S/C46H92N2/c1-4-7-10-13-16-18-20-22-24-26-28-30-32-34-37-40-43-48-45-44-47(46(48)41-38-35-15-12-9-6-3)42-39-36-33-31-29-27-25-23-21-19-17-14-11-8-5-2/h44-46H,4-43H2,1-3H3. The average Bonchev–Trinajstić information content (AvgIpc) is 3.48. The Labute approximate surface area is 305 Å². The zero-order valence-electron chi connectivity index (χ0n) is 33.9. The van der Waals surface area contributed by atoms with Crippen LogP contribution >= 0.6 is 0 Å². The van der Waals surface area contributed by atoms with Gasteiger partial charge < -0.3 is 9.80 Å². The normalized spacial score (nSPS) is 14.6. The van der Waals surface area contributed by atoms with E-state index < -0.39 is 0 Å². The molecule has 1 rings (SSSR count). The monoisotopic (exact) mass is 673 g/mol. The van der Waals surface area contributed by atoms with E-state index in [0.29, 0.717) is 6.17 Å². The first kappa shape index (κ1) is 45.4. The molecule has 48 heavy (non-hydrogen) atoms. The van der Waals surface area contributed by atoms with Gasteiger partial charge in [-0.1, -0.05) is 239 Å². The summed E-state index contributed by atoms with van der Waals surface area (Å²) in [6.07, 6.45) is 60.4. The van der Waals surface area contributed by atoms with Crippen LogP contribution in [0, 0.1) is 0 Å². The van der Waals surface area contributed by atoms with E-state index in [1.807, 2.05) is 0 Å². The minimum atomic E-state index is 0.638. The van der Waals surface area contributed by atoms with E-state index in [1.54, 1.807) is 0 Å². The first-order valence-corrected chi connectivity index (χ1v) is 23.0. The second kappa shape index (κ2) is 37.6. The lowest BCUT2D eigenvalue weighted by molar-refractivity contribution is 0.135. The van der Waals surface area contributed by atoms with Gasteiger partial charge >= 0.3 is 0 Å². The molecule has 2 nitrogen and oxygen atoms in total. The van der Waals surface area contributed by atoms with Crippen LogP contribution in [-0.4, -0.2) is 29.1 Å². The Morgan fingerprint density at radius 1 is 0.271 bits per heavy atom. The van der Waals surface area contributed by atoms with Crippen molar-refractivity contribution < 1.29 is 0 Å². The van der Waals surface area contributed by atoms with Crippen LogP contribution < -0.4 is 0 Å². The summed E-state index contributed by atoms with van der Waals surface area (Å²) < 4.78 is 0. The fraction of sp³-hybridized carbons (Fsp3) is 0.957. The quantitative estimate of drug-likeness (QED) is 0.0598. The molecule has 0 aromatic carbocycles. The second-order valence-corrected chi connectivity index (χ2v) is 16.1. The zero-order chi connectivity index (χ0) is 34.4. The molecule has 286 valence electrons. The molecule has 0 fully saturated rings. The molecular formula is C46H92N2. The van der Waals surface area contributed by atoms with E-state index in [1.165, 1.54) is 257 Å². The minimum Gasteiger partial charge on any atom is -0.356 e. The van der Waals surface area contributed by atoms with Crippen molar-refractivity contribution in [3.63, 3.8) is 0 Å². The van der Waals surface area contributed by atoms with Gasteiger partial charge in [-0.3, -0.25) is 0 Å². The molecule has 0 radical (unpaired) electrons. The van der Waals surface area contributed by atoms with Crippen molar-refractivity contribution in [3.05, 3.63) is 12.4 Å². The van der Waals surface area contributed by atoms with Gasteiger partial charge in [-0.2, -0.15) is 0 Å². The summed E-state index contributed by atoms with van der Waals surface area (Å²) in [7, 11) is 0. The molecule has 0 N–H and O–H groups in total. The minimum absolute atomic E-state index is 0.638. The molecule has 0 aromatic heterocycles. The summed E-state index contributed by atoms with van der Waals surface area (Å²) >= 11 is 0. The third kappa shape index (κ3) is 29.1. The van der Waals surface area contributed by atoms with Gasteiger partial charge in [-0.25, -0.2) is 0 Å². The van der Waals surface area contributed by atoms with Crippen LogP contribution in [0.5, 0.6) is 0 Å². The lowest BCUT2D eigenvalue weighted by atomic mass is 10.0. The molecule has 0 aliphatic carbocycles. The smallest absolute Gasteiger partial charge is 0.101 e. The van der Waals surface area contributed by atoms with Gasteiger partial charge in [0.1, 0.15) is 6.17 Å². The number of hydrogen-bond donors (Lipinski definition) is 0. The summed E-state index contributed by atoms with van der Waals surface area (Å²) in [5.74, 6) is 0. The number of unbranched alkanes of at least 4 members (excludes halogenated alkanes) is 34. The molecule has 0 bridgehead atoms. The highest BCUT2D eigenvalue weighted by Crippen LogP contribution is 2.24. The van der Waals surface area contributed by atoms with Crippen LogP contribution in [0.3, 0.4) is 0 Å². The van der Waals surface area contributed by atoms with E-state index in [0.717, 1.165) is 0 Å². The third-order valence-electron chi connectivity index (χ3n) is 11.3. The highest BCUT2D eigenvalue weighted by molar-refractivity contribution is 4.97. The van der Waals surface area contributed by atoms with Crippen LogP contribution in [0.15, 0.2) is 12.4 Å². The van der Waals surface area contributed by atoms with Gasteiger partial charge in [0.05, 0.1) is 0 Å². The van der Waals surface area contributed by atoms with Crippen molar-refractivity contribution in [3.8, 4) is 0 Å². The van der Waals surface area contributed by atoms with Gasteiger partial charge in [0.25, 0.3) is 0 Å². The predicted molar refractivity (Wildman–Crippen MR) is 219 cm³/mol. The zero-order valence-corrected chi connectivity index (χ0v) is 33.9. The van der Waals surface area contributed by atoms with Gasteiger partial charge in [-0.15, -0.1) is 0 Å². The van der Waals surface area contributed by atoms with Crippen molar-refractivity contribution in [1.29, 1.82) is 0 Å².